The van der Waals surface area contributed by atoms with Crippen LogP contribution in [0.2, 0.25) is 0 Å². The second-order valence-electron chi connectivity index (χ2n) is 5.13. The molecule has 1 aliphatic carbocycles. The van der Waals surface area contributed by atoms with Crippen molar-refractivity contribution in [3.63, 3.8) is 0 Å². The van der Waals surface area contributed by atoms with Crippen LogP contribution >= 0.6 is 15.9 Å². The Balaban J connectivity index is 1.82. The zero-order valence-electron chi connectivity index (χ0n) is 10.2. The van der Waals surface area contributed by atoms with E-state index in [0.717, 1.165) is 23.1 Å². The zero-order valence-corrected chi connectivity index (χ0v) is 11.8. The minimum Gasteiger partial charge on any atom is -0.312 e. The number of benzene rings is 1. The fourth-order valence-corrected chi connectivity index (χ4v) is 2.92. The van der Waals surface area contributed by atoms with E-state index in [2.05, 4.69) is 28.2 Å². The van der Waals surface area contributed by atoms with Gasteiger partial charge in [-0.2, -0.15) is 0 Å². The third kappa shape index (κ3) is 3.78. The molecule has 1 aromatic carbocycles. The van der Waals surface area contributed by atoms with Crippen molar-refractivity contribution in [3.05, 3.63) is 34.1 Å². The Morgan fingerprint density at radius 2 is 2.12 bits per heavy atom. The summed E-state index contributed by atoms with van der Waals surface area (Å²) >= 11 is 3.31. The van der Waals surface area contributed by atoms with Gasteiger partial charge >= 0.3 is 0 Å². The van der Waals surface area contributed by atoms with Gasteiger partial charge in [0.05, 0.1) is 0 Å². The van der Waals surface area contributed by atoms with Crippen LogP contribution in [0.3, 0.4) is 0 Å². The summed E-state index contributed by atoms with van der Waals surface area (Å²) in [4.78, 5) is 0. The fraction of sp³-hybridized carbons (Fsp3) is 0.571. The summed E-state index contributed by atoms with van der Waals surface area (Å²) in [6, 6.07) is 5.05. The van der Waals surface area contributed by atoms with Crippen LogP contribution in [0.1, 0.15) is 38.2 Å². The summed E-state index contributed by atoms with van der Waals surface area (Å²) in [5.41, 5.74) is 1.56. The number of nitrogens with one attached hydrogen (secondary N) is 1. The molecule has 17 heavy (non-hydrogen) atoms. The first-order valence-corrected chi connectivity index (χ1v) is 7.08. The lowest BCUT2D eigenvalue weighted by Gasteiger charge is -2.15. The molecule has 0 amide bonds. The molecular formula is C14H19BrFN. The Labute approximate surface area is 111 Å². The second-order valence-corrected chi connectivity index (χ2v) is 6.05. The Hall–Kier alpha value is -0.410. The molecule has 0 heterocycles. The highest BCUT2D eigenvalue weighted by atomic mass is 79.9. The first kappa shape index (κ1) is 13.0. The molecule has 3 heteroatoms. The average Bonchev–Trinajstić information content (AvgIpc) is 2.97. The van der Waals surface area contributed by atoms with Crippen molar-refractivity contribution in [2.75, 3.05) is 6.54 Å². The molecule has 2 rings (SSSR count). The molecule has 1 fully saturated rings. The minimum absolute atomic E-state index is 0.175. The van der Waals surface area contributed by atoms with Crippen LogP contribution in [0, 0.1) is 11.2 Å². The van der Waals surface area contributed by atoms with E-state index in [1.807, 2.05) is 6.07 Å². The van der Waals surface area contributed by atoms with Gasteiger partial charge in [-0.15, -0.1) is 0 Å². The van der Waals surface area contributed by atoms with Gasteiger partial charge < -0.3 is 5.32 Å². The van der Waals surface area contributed by atoms with E-state index in [9.17, 15) is 4.39 Å². The van der Waals surface area contributed by atoms with Crippen LogP contribution < -0.4 is 5.32 Å². The Bertz CT molecular complexity index is 368. The summed E-state index contributed by atoms with van der Waals surface area (Å²) in [6.45, 7) is 4.06. The monoisotopic (exact) mass is 299 g/mol. The highest BCUT2D eigenvalue weighted by Crippen LogP contribution is 2.48. The Morgan fingerprint density at radius 1 is 1.35 bits per heavy atom. The summed E-state index contributed by atoms with van der Waals surface area (Å²) in [7, 11) is 0. The van der Waals surface area contributed by atoms with E-state index in [4.69, 9.17) is 0 Å². The van der Waals surface area contributed by atoms with Crippen molar-refractivity contribution in [1.82, 2.24) is 5.32 Å². The molecule has 1 aromatic rings. The van der Waals surface area contributed by atoms with Crippen LogP contribution in [0.5, 0.6) is 0 Å². The molecule has 0 aromatic heterocycles. The normalized spacial score (nSPS) is 17.1. The number of hydrogen-bond donors (Lipinski definition) is 1. The Kier molecular flexibility index (Phi) is 4.21. The zero-order chi connectivity index (χ0) is 12.3. The predicted molar refractivity (Wildman–Crippen MR) is 72.4 cm³/mol. The first-order chi connectivity index (χ1) is 8.13. The minimum atomic E-state index is -0.175. The topological polar surface area (TPSA) is 12.0 Å². The molecule has 0 saturated heterocycles. The molecule has 94 valence electrons. The van der Waals surface area contributed by atoms with Gasteiger partial charge in [-0.05, 0) is 48.4 Å². The van der Waals surface area contributed by atoms with Gasteiger partial charge in [-0.25, -0.2) is 4.39 Å². The van der Waals surface area contributed by atoms with Crippen molar-refractivity contribution in [3.8, 4) is 0 Å². The van der Waals surface area contributed by atoms with Gasteiger partial charge in [0.15, 0.2) is 0 Å². The van der Waals surface area contributed by atoms with Gasteiger partial charge in [0, 0.05) is 17.6 Å². The van der Waals surface area contributed by atoms with Crippen LogP contribution in [-0.4, -0.2) is 6.54 Å². The number of rotatable bonds is 6. The van der Waals surface area contributed by atoms with E-state index < -0.39 is 0 Å². The van der Waals surface area contributed by atoms with Gasteiger partial charge in [-0.3, -0.25) is 0 Å². The summed E-state index contributed by atoms with van der Waals surface area (Å²) < 4.78 is 14.0. The van der Waals surface area contributed by atoms with Crippen molar-refractivity contribution in [1.29, 1.82) is 0 Å². The van der Waals surface area contributed by atoms with Crippen molar-refractivity contribution >= 4 is 15.9 Å². The maximum absolute atomic E-state index is 13.2. The van der Waals surface area contributed by atoms with Gasteiger partial charge in [-0.1, -0.05) is 29.3 Å². The van der Waals surface area contributed by atoms with Crippen LogP contribution in [0.4, 0.5) is 4.39 Å². The Morgan fingerprint density at radius 3 is 2.71 bits per heavy atom. The molecule has 1 nitrogen and oxygen atoms in total. The highest BCUT2D eigenvalue weighted by Gasteiger charge is 2.40. The van der Waals surface area contributed by atoms with Gasteiger partial charge in [0.2, 0.25) is 0 Å². The van der Waals surface area contributed by atoms with Crippen molar-refractivity contribution < 1.29 is 4.39 Å². The lowest BCUT2D eigenvalue weighted by Crippen LogP contribution is -2.23. The quantitative estimate of drug-likeness (QED) is 0.828. The molecule has 0 spiro atoms. The molecule has 0 bridgehead atoms. The molecule has 0 radical (unpaired) electrons. The predicted octanol–water partition coefficient (Wildman–Crippen LogP) is 4.26. The number of hydrogen-bond acceptors (Lipinski definition) is 1. The van der Waals surface area contributed by atoms with Gasteiger partial charge in [0.25, 0.3) is 0 Å². The molecule has 0 atom stereocenters. The van der Waals surface area contributed by atoms with Crippen LogP contribution in [-0.2, 0) is 6.54 Å². The summed E-state index contributed by atoms with van der Waals surface area (Å²) in [5, 5.41) is 3.46. The van der Waals surface area contributed by atoms with E-state index in [0.29, 0.717) is 5.41 Å². The highest BCUT2D eigenvalue weighted by molar-refractivity contribution is 9.10. The SMILES string of the molecule is CCCC1(CNCc2cc(F)cc(Br)c2)CC1. The standard InChI is InChI=1S/C14H19BrFN/c1-2-3-14(4-5-14)10-17-9-11-6-12(15)8-13(16)7-11/h6-8,17H,2-5,9-10H2,1H3. The third-order valence-corrected chi connectivity index (χ3v) is 3.95. The van der Waals surface area contributed by atoms with Crippen LogP contribution in [0.15, 0.2) is 22.7 Å². The van der Waals surface area contributed by atoms with Crippen molar-refractivity contribution in [2.45, 2.75) is 39.2 Å². The maximum atomic E-state index is 13.2. The smallest absolute Gasteiger partial charge is 0.124 e. The number of halogens is 2. The molecule has 1 aliphatic rings. The summed E-state index contributed by atoms with van der Waals surface area (Å²) in [6.07, 6.45) is 5.27. The average molecular weight is 300 g/mol. The molecule has 0 unspecified atom stereocenters. The van der Waals surface area contributed by atoms with Crippen molar-refractivity contribution in [2.24, 2.45) is 5.41 Å². The fourth-order valence-electron chi connectivity index (χ4n) is 2.41. The molecule has 1 N–H and O–H groups in total. The van der Waals surface area contributed by atoms with Crippen LogP contribution in [0.25, 0.3) is 0 Å². The second kappa shape index (κ2) is 5.49. The van der Waals surface area contributed by atoms with E-state index in [1.54, 1.807) is 6.07 Å². The summed E-state index contributed by atoms with van der Waals surface area (Å²) in [5.74, 6) is -0.175. The van der Waals surface area contributed by atoms with E-state index >= 15 is 0 Å². The molecule has 0 aliphatic heterocycles. The molecule has 1 saturated carbocycles. The largest absolute Gasteiger partial charge is 0.312 e. The maximum Gasteiger partial charge on any atom is 0.124 e. The van der Waals surface area contributed by atoms with E-state index in [1.165, 1.54) is 31.7 Å². The van der Waals surface area contributed by atoms with E-state index in [-0.39, 0.29) is 5.82 Å². The third-order valence-electron chi connectivity index (χ3n) is 3.49. The molecular weight excluding hydrogens is 281 g/mol. The first-order valence-electron chi connectivity index (χ1n) is 6.29. The lowest BCUT2D eigenvalue weighted by molar-refractivity contribution is 0.420. The van der Waals surface area contributed by atoms with Gasteiger partial charge in [0.1, 0.15) is 5.82 Å². The lowest BCUT2D eigenvalue weighted by atomic mass is 10.0.